The lowest BCUT2D eigenvalue weighted by Crippen LogP contribution is -2.42. The van der Waals surface area contributed by atoms with Crippen LogP contribution in [0.25, 0.3) is 10.9 Å². The Hall–Kier alpha value is -2.70. The zero-order valence-electron chi connectivity index (χ0n) is 15.8. The molecule has 0 spiro atoms. The summed E-state index contributed by atoms with van der Waals surface area (Å²) < 4.78 is 19.0. The number of primary amides is 1. The molecule has 2 amide bonds. The van der Waals surface area contributed by atoms with Crippen molar-refractivity contribution in [1.82, 2.24) is 9.88 Å². The molecule has 1 fully saturated rings. The molecule has 0 aliphatic carbocycles. The van der Waals surface area contributed by atoms with Crippen LogP contribution in [0.1, 0.15) is 55.6 Å². The number of nitrogens with zero attached hydrogens (tertiary/aromatic N) is 2. The summed E-state index contributed by atoms with van der Waals surface area (Å²) in [5.74, 6) is -1.15. The highest BCUT2D eigenvalue weighted by Crippen LogP contribution is 2.31. The molecule has 3 rings (SSSR count). The standard InChI is InChI=1S/C20H24FN3O3/c1-20(2,3)27-19(26)24-8-4-5-12(11-24)17-15(18(22)25)10-13-9-14(21)6-7-16(13)23-17/h6-7,9-10,12H,4-5,8,11H2,1-3H3,(H2,22,25)/t12-/m1/s1. The first-order valence-electron chi connectivity index (χ1n) is 9.02. The summed E-state index contributed by atoms with van der Waals surface area (Å²) in [5, 5.41) is 0.521. The highest BCUT2D eigenvalue weighted by atomic mass is 19.1. The highest BCUT2D eigenvalue weighted by Gasteiger charge is 2.31. The van der Waals surface area contributed by atoms with Gasteiger partial charge < -0.3 is 15.4 Å². The Bertz CT molecular complexity index is 892. The number of piperidine rings is 1. The maximum Gasteiger partial charge on any atom is 0.410 e. The van der Waals surface area contributed by atoms with Gasteiger partial charge >= 0.3 is 6.09 Å². The van der Waals surface area contributed by atoms with Gasteiger partial charge in [0.25, 0.3) is 5.91 Å². The highest BCUT2D eigenvalue weighted by molar-refractivity contribution is 5.97. The van der Waals surface area contributed by atoms with Gasteiger partial charge in [0.1, 0.15) is 11.4 Å². The zero-order chi connectivity index (χ0) is 19.8. The van der Waals surface area contributed by atoms with Crippen LogP contribution in [0.4, 0.5) is 9.18 Å². The first-order valence-corrected chi connectivity index (χ1v) is 9.02. The molecule has 0 unspecified atom stereocenters. The number of likely N-dealkylation sites (tertiary alicyclic amines) is 1. The van der Waals surface area contributed by atoms with E-state index in [-0.39, 0.29) is 17.6 Å². The van der Waals surface area contributed by atoms with Crippen LogP contribution in [-0.4, -0.2) is 40.6 Å². The average Bonchev–Trinajstić information content (AvgIpc) is 2.59. The van der Waals surface area contributed by atoms with E-state index in [2.05, 4.69) is 4.98 Å². The summed E-state index contributed by atoms with van der Waals surface area (Å²) in [4.78, 5) is 30.6. The number of halogens is 1. The molecule has 7 heteroatoms. The minimum atomic E-state index is -0.613. The topological polar surface area (TPSA) is 85.5 Å². The number of ether oxygens (including phenoxy) is 1. The molecule has 1 aliphatic rings. The number of pyridine rings is 1. The SMILES string of the molecule is CC(C)(C)OC(=O)N1CCC[C@@H](c2nc3ccc(F)cc3cc2C(N)=O)C1. The second-order valence-corrected chi connectivity index (χ2v) is 7.89. The summed E-state index contributed by atoms with van der Waals surface area (Å²) in [6, 6.07) is 5.81. The van der Waals surface area contributed by atoms with Crippen molar-refractivity contribution in [3.63, 3.8) is 0 Å². The lowest BCUT2D eigenvalue weighted by molar-refractivity contribution is 0.0197. The predicted molar refractivity (Wildman–Crippen MR) is 100 cm³/mol. The Morgan fingerprint density at radius 2 is 2.04 bits per heavy atom. The van der Waals surface area contributed by atoms with Crippen LogP contribution in [0.15, 0.2) is 24.3 Å². The van der Waals surface area contributed by atoms with Crippen LogP contribution in [0, 0.1) is 5.82 Å². The molecule has 2 heterocycles. The lowest BCUT2D eigenvalue weighted by atomic mass is 9.90. The first-order chi connectivity index (χ1) is 12.6. The molecule has 1 aliphatic heterocycles. The van der Waals surface area contributed by atoms with Crippen molar-refractivity contribution in [1.29, 1.82) is 0 Å². The van der Waals surface area contributed by atoms with Crippen LogP contribution >= 0.6 is 0 Å². The zero-order valence-corrected chi connectivity index (χ0v) is 15.8. The number of amides is 2. The molecule has 1 atom stereocenters. The van der Waals surface area contributed by atoms with E-state index >= 15 is 0 Å². The van der Waals surface area contributed by atoms with Crippen LogP contribution in [0.2, 0.25) is 0 Å². The number of carbonyl (C=O) groups is 2. The molecule has 0 saturated carbocycles. The Labute approximate surface area is 157 Å². The van der Waals surface area contributed by atoms with Crippen molar-refractivity contribution in [2.24, 2.45) is 5.73 Å². The van der Waals surface area contributed by atoms with Gasteiger partial charge in [-0.1, -0.05) is 0 Å². The van der Waals surface area contributed by atoms with Crippen molar-refractivity contribution < 1.29 is 18.7 Å². The molecule has 1 saturated heterocycles. The van der Waals surface area contributed by atoms with E-state index in [1.165, 1.54) is 12.1 Å². The van der Waals surface area contributed by atoms with Crippen molar-refractivity contribution in [3.05, 3.63) is 41.3 Å². The first kappa shape index (κ1) is 19.1. The van der Waals surface area contributed by atoms with Gasteiger partial charge in [0.15, 0.2) is 0 Å². The number of benzene rings is 1. The van der Waals surface area contributed by atoms with E-state index in [0.717, 1.165) is 12.8 Å². The van der Waals surface area contributed by atoms with Gasteiger partial charge in [0.2, 0.25) is 0 Å². The molecule has 0 bridgehead atoms. The fraction of sp³-hybridized carbons (Fsp3) is 0.450. The molecule has 144 valence electrons. The van der Waals surface area contributed by atoms with E-state index < -0.39 is 17.3 Å². The summed E-state index contributed by atoms with van der Waals surface area (Å²) in [6.45, 7) is 6.45. The smallest absolute Gasteiger partial charge is 0.410 e. The van der Waals surface area contributed by atoms with E-state index in [9.17, 15) is 14.0 Å². The Balaban J connectivity index is 1.93. The largest absolute Gasteiger partial charge is 0.444 e. The van der Waals surface area contributed by atoms with Gasteiger partial charge in [-0.25, -0.2) is 9.18 Å². The van der Waals surface area contributed by atoms with Crippen LogP contribution in [0.5, 0.6) is 0 Å². The number of hydrogen-bond donors (Lipinski definition) is 1. The fourth-order valence-electron chi connectivity index (χ4n) is 3.36. The molecule has 6 nitrogen and oxygen atoms in total. The Morgan fingerprint density at radius 1 is 1.30 bits per heavy atom. The Kier molecular flexibility index (Phi) is 5.04. The van der Waals surface area contributed by atoms with Crippen LogP contribution in [0.3, 0.4) is 0 Å². The second-order valence-electron chi connectivity index (χ2n) is 7.89. The van der Waals surface area contributed by atoms with Crippen molar-refractivity contribution in [3.8, 4) is 0 Å². The summed E-state index contributed by atoms with van der Waals surface area (Å²) in [7, 11) is 0. The van der Waals surface area contributed by atoms with E-state index in [1.54, 1.807) is 17.0 Å². The monoisotopic (exact) mass is 373 g/mol. The third kappa shape index (κ3) is 4.35. The molecule has 2 N–H and O–H groups in total. The van der Waals surface area contributed by atoms with Crippen LogP contribution < -0.4 is 5.73 Å². The summed E-state index contributed by atoms with van der Waals surface area (Å²) >= 11 is 0. The second kappa shape index (κ2) is 7.13. The molecular formula is C20H24FN3O3. The molecule has 1 aromatic carbocycles. The van der Waals surface area contributed by atoms with Gasteiger partial charge in [-0.3, -0.25) is 9.78 Å². The van der Waals surface area contributed by atoms with E-state index in [4.69, 9.17) is 10.5 Å². The van der Waals surface area contributed by atoms with Crippen molar-refractivity contribution in [2.75, 3.05) is 13.1 Å². The van der Waals surface area contributed by atoms with Gasteiger partial charge in [0.05, 0.1) is 16.8 Å². The molecule has 1 aromatic heterocycles. The lowest BCUT2D eigenvalue weighted by Gasteiger charge is -2.34. The van der Waals surface area contributed by atoms with Gasteiger partial charge in [0, 0.05) is 24.4 Å². The fourth-order valence-corrected chi connectivity index (χ4v) is 3.36. The van der Waals surface area contributed by atoms with Gasteiger partial charge in [-0.05, 0) is 57.9 Å². The minimum Gasteiger partial charge on any atom is -0.444 e. The number of carbonyl (C=O) groups excluding carboxylic acids is 2. The third-order valence-corrected chi connectivity index (χ3v) is 4.53. The quantitative estimate of drug-likeness (QED) is 0.872. The average molecular weight is 373 g/mol. The van der Waals surface area contributed by atoms with Gasteiger partial charge in [-0.15, -0.1) is 0 Å². The molecule has 27 heavy (non-hydrogen) atoms. The van der Waals surface area contributed by atoms with Gasteiger partial charge in [-0.2, -0.15) is 0 Å². The third-order valence-electron chi connectivity index (χ3n) is 4.53. The summed E-state index contributed by atoms with van der Waals surface area (Å²) in [5.41, 5.74) is 6.38. The van der Waals surface area contributed by atoms with Crippen molar-refractivity contribution in [2.45, 2.75) is 45.1 Å². The molecular weight excluding hydrogens is 349 g/mol. The number of rotatable bonds is 2. The Morgan fingerprint density at radius 3 is 2.70 bits per heavy atom. The number of aromatic nitrogens is 1. The van der Waals surface area contributed by atoms with Crippen molar-refractivity contribution >= 4 is 22.9 Å². The number of hydrogen-bond acceptors (Lipinski definition) is 4. The molecule has 2 aromatic rings. The maximum atomic E-state index is 13.5. The number of nitrogens with two attached hydrogens (primary N) is 1. The van der Waals surface area contributed by atoms with E-state index in [0.29, 0.717) is 29.7 Å². The normalized spacial score (nSPS) is 17.8. The summed E-state index contributed by atoms with van der Waals surface area (Å²) in [6.07, 6.45) is 1.17. The molecule has 0 radical (unpaired) electrons. The predicted octanol–water partition coefficient (Wildman–Crippen LogP) is 3.59. The maximum absolute atomic E-state index is 13.5. The number of fused-ring (bicyclic) bond motifs is 1. The van der Waals surface area contributed by atoms with Crippen LogP contribution in [-0.2, 0) is 4.74 Å². The van der Waals surface area contributed by atoms with E-state index in [1.807, 2.05) is 20.8 Å². The minimum absolute atomic E-state index is 0.136.